The van der Waals surface area contributed by atoms with Crippen LogP contribution in [-0.2, 0) is 0 Å². The Morgan fingerprint density at radius 2 is 2.00 bits per heavy atom. The van der Waals surface area contributed by atoms with Crippen LogP contribution in [0.5, 0.6) is 0 Å². The summed E-state index contributed by atoms with van der Waals surface area (Å²) in [5.74, 6) is 0. The number of thiol groups is 2. The number of hydrogen-bond donors (Lipinski definition) is 3. The van der Waals surface area contributed by atoms with Gasteiger partial charge in [-0.25, -0.2) is 0 Å². The molecule has 0 unspecified atom stereocenters. The number of hydrogen-bond acceptors (Lipinski definition) is 3. The maximum Gasteiger partial charge on any atom is 0.0244 e. The molecular formula is C4H9NS2. The van der Waals surface area contributed by atoms with E-state index in [1.54, 1.807) is 0 Å². The van der Waals surface area contributed by atoms with Gasteiger partial charge >= 0.3 is 0 Å². The van der Waals surface area contributed by atoms with Crippen molar-refractivity contribution in [3.8, 4) is 0 Å². The van der Waals surface area contributed by atoms with Crippen LogP contribution in [0.2, 0.25) is 0 Å². The largest absolute Gasteiger partial charge is 0.326 e. The van der Waals surface area contributed by atoms with Gasteiger partial charge in [0.1, 0.15) is 0 Å². The van der Waals surface area contributed by atoms with Gasteiger partial charge in [-0.2, -0.15) is 0 Å². The molecule has 0 rings (SSSR count). The first kappa shape index (κ1) is 7.40. The summed E-state index contributed by atoms with van der Waals surface area (Å²) in [6.45, 7) is 2.34. The van der Waals surface area contributed by atoms with Crippen LogP contribution in [0.1, 0.15) is 6.92 Å². The molecule has 2 N–H and O–H groups in total. The Balaban J connectivity index is 3.72. The van der Waals surface area contributed by atoms with Crippen LogP contribution in [0.4, 0.5) is 0 Å². The van der Waals surface area contributed by atoms with Crippen molar-refractivity contribution in [2.24, 2.45) is 5.73 Å². The fraction of sp³-hybridized carbons (Fsp3) is 0.500. The van der Waals surface area contributed by atoms with Gasteiger partial charge in [-0.3, -0.25) is 0 Å². The Hall–Kier alpha value is 0.400. The lowest BCUT2D eigenvalue weighted by atomic mass is 10.5. The van der Waals surface area contributed by atoms with E-state index in [1.165, 1.54) is 0 Å². The van der Waals surface area contributed by atoms with Gasteiger partial charge in [0.15, 0.2) is 0 Å². The molecule has 0 aromatic rings. The number of rotatable bonds is 1. The van der Waals surface area contributed by atoms with Crippen molar-refractivity contribution in [1.29, 1.82) is 0 Å². The minimum Gasteiger partial charge on any atom is -0.326 e. The smallest absolute Gasteiger partial charge is 0.0244 e. The van der Waals surface area contributed by atoms with Gasteiger partial charge in [0.25, 0.3) is 0 Å². The van der Waals surface area contributed by atoms with Gasteiger partial charge in [0.05, 0.1) is 0 Å². The van der Waals surface area contributed by atoms with Crippen LogP contribution in [0.3, 0.4) is 0 Å². The highest BCUT2D eigenvalue weighted by atomic mass is 32.1. The fourth-order valence-corrected chi connectivity index (χ4v) is 0.239. The third-order valence-corrected chi connectivity index (χ3v) is 1.58. The molecule has 0 aromatic carbocycles. The predicted octanol–water partition coefficient (Wildman–Crippen LogP) is 1.04. The Labute approximate surface area is 54.8 Å². The van der Waals surface area contributed by atoms with Gasteiger partial charge in [-0.05, 0) is 11.8 Å². The molecule has 0 aromatic heterocycles. The second-order valence-corrected chi connectivity index (χ2v) is 2.45. The van der Waals surface area contributed by atoms with E-state index in [1.807, 2.05) is 6.92 Å². The molecule has 0 heterocycles. The summed E-state index contributed by atoms with van der Waals surface area (Å²) in [5.41, 5.74) is 5.19. The second-order valence-electron chi connectivity index (χ2n) is 1.24. The lowest BCUT2D eigenvalue weighted by Crippen LogP contribution is -1.98. The average molecular weight is 135 g/mol. The first-order valence-electron chi connectivity index (χ1n) is 1.96. The zero-order valence-corrected chi connectivity index (χ0v) is 5.97. The van der Waals surface area contributed by atoms with Crippen molar-refractivity contribution < 1.29 is 0 Å². The molecule has 0 aliphatic carbocycles. The lowest BCUT2D eigenvalue weighted by Gasteiger charge is -1.92. The lowest BCUT2D eigenvalue weighted by molar-refractivity contribution is 1.22. The monoisotopic (exact) mass is 135 g/mol. The quantitative estimate of drug-likeness (QED) is 0.460. The second kappa shape index (κ2) is 3.41. The first-order chi connectivity index (χ1) is 3.18. The van der Waals surface area contributed by atoms with Gasteiger partial charge in [-0.15, -0.1) is 25.3 Å². The van der Waals surface area contributed by atoms with E-state index in [4.69, 9.17) is 5.73 Å². The highest BCUT2D eigenvalue weighted by Crippen LogP contribution is 2.08. The summed E-state index contributed by atoms with van der Waals surface area (Å²) < 4.78 is 0. The van der Waals surface area contributed by atoms with Gasteiger partial charge in [-0.1, -0.05) is 0 Å². The minimum absolute atomic E-state index is 0.485. The van der Waals surface area contributed by atoms with Crippen LogP contribution in [0.15, 0.2) is 9.81 Å². The molecule has 3 heteroatoms. The summed E-state index contributed by atoms with van der Waals surface area (Å²) in [6, 6.07) is 0. The average Bonchev–Trinajstić information content (AvgIpc) is 1.65. The Morgan fingerprint density at radius 3 is 2.00 bits per heavy atom. The molecule has 0 aliphatic rings. The van der Waals surface area contributed by atoms with E-state index in [9.17, 15) is 0 Å². The molecule has 0 fully saturated rings. The molecule has 0 aliphatic heterocycles. The molecule has 0 saturated heterocycles. The van der Waals surface area contributed by atoms with Crippen molar-refractivity contribution >= 4 is 25.3 Å². The summed E-state index contributed by atoms with van der Waals surface area (Å²) in [7, 11) is 0. The van der Waals surface area contributed by atoms with Crippen molar-refractivity contribution in [2.75, 3.05) is 6.54 Å². The highest BCUT2D eigenvalue weighted by Gasteiger charge is 1.85. The van der Waals surface area contributed by atoms with Crippen LogP contribution < -0.4 is 5.73 Å². The van der Waals surface area contributed by atoms with Crippen LogP contribution in [-0.4, -0.2) is 6.54 Å². The van der Waals surface area contributed by atoms with E-state index in [2.05, 4.69) is 25.3 Å². The van der Waals surface area contributed by atoms with Crippen LogP contribution >= 0.6 is 25.3 Å². The van der Waals surface area contributed by atoms with Gasteiger partial charge in [0, 0.05) is 11.4 Å². The molecular weight excluding hydrogens is 126 g/mol. The number of nitrogens with two attached hydrogens (primary N) is 1. The van der Waals surface area contributed by atoms with E-state index in [-0.39, 0.29) is 0 Å². The molecule has 7 heavy (non-hydrogen) atoms. The topological polar surface area (TPSA) is 26.0 Å². The van der Waals surface area contributed by atoms with Crippen molar-refractivity contribution in [2.45, 2.75) is 6.92 Å². The normalized spacial score (nSPS) is 13.7. The molecule has 0 saturated carbocycles. The van der Waals surface area contributed by atoms with Crippen molar-refractivity contribution in [3.05, 3.63) is 9.81 Å². The molecule has 0 spiro atoms. The first-order valence-corrected chi connectivity index (χ1v) is 2.85. The Morgan fingerprint density at radius 1 is 1.57 bits per heavy atom. The summed E-state index contributed by atoms with van der Waals surface area (Å²) in [4.78, 5) is 1.74. The molecule has 0 amide bonds. The van der Waals surface area contributed by atoms with Gasteiger partial charge in [0.2, 0.25) is 0 Å². The van der Waals surface area contributed by atoms with Crippen LogP contribution in [0, 0.1) is 0 Å². The molecule has 1 nitrogen and oxygen atoms in total. The van der Waals surface area contributed by atoms with E-state index in [0.717, 1.165) is 9.81 Å². The van der Waals surface area contributed by atoms with Crippen molar-refractivity contribution in [3.63, 3.8) is 0 Å². The highest BCUT2D eigenvalue weighted by molar-refractivity contribution is 7.88. The SMILES string of the molecule is CC(S)=C(S)CN. The van der Waals surface area contributed by atoms with Crippen molar-refractivity contribution in [1.82, 2.24) is 0 Å². The molecule has 42 valence electrons. The van der Waals surface area contributed by atoms with E-state index < -0.39 is 0 Å². The summed E-state index contributed by atoms with van der Waals surface area (Å²) in [6.07, 6.45) is 0. The predicted molar refractivity (Wildman–Crippen MR) is 39.7 cm³/mol. The summed E-state index contributed by atoms with van der Waals surface area (Å²) >= 11 is 8.00. The molecule has 0 atom stereocenters. The van der Waals surface area contributed by atoms with E-state index in [0.29, 0.717) is 6.54 Å². The third-order valence-electron chi connectivity index (χ3n) is 0.611. The Bertz CT molecular complexity index is 83.7. The standard InChI is InChI=1S/C4H9NS2/c1-3(6)4(7)2-5/h6-7H,2,5H2,1H3. The van der Waals surface area contributed by atoms with E-state index >= 15 is 0 Å². The summed E-state index contributed by atoms with van der Waals surface area (Å²) in [5, 5.41) is 0. The maximum absolute atomic E-state index is 5.19. The minimum atomic E-state index is 0.485. The Kier molecular flexibility index (Phi) is 3.60. The molecule has 0 bridgehead atoms. The van der Waals surface area contributed by atoms with Gasteiger partial charge < -0.3 is 5.73 Å². The zero-order valence-electron chi connectivity index (χ0n) is 4.18. The number of allylic oxidation sites excluding steroid dienone is 1. The van der Waals surface area contributed by atoms with Crippen LogP contribution in [0.25, 0.3) is 0 Å². The third kappa shape index (κ3) is 3.02. The molecule has 0 radical (unpaired) electrons. The zero-order chi connectivity index (χ0) is 5.86. The maximum atomic E-state index is 5.19. The fourth-order valence-electron chi connectivity index (χ4n) is 0.148.